The summed E-state index contributed by atoms with van der Waals surface area (Å²) in [5, 5.41) is 2.67. The lowest BCUT2D eigenvalue weighted by Gasteiger charge is -2.20. The SMILES string of the molecule is CC1=Nc2nccc(Oc3cccc(NC(=O)OC(C)(C)C)c3)c2CC1=O. The number of hydrogen-bond acceptors (Lipinski definition) is 6. The van der Waals surface area contributed by atoms with E-state index in [-0.39, 0.29) is 12.2 Å². The molecule has 7 heteroatoms. The average molecular weight is 367 g/mol. The maximum Gasteiger partial charge on any atom is 0.412 e. The lowest BCUT2D eigenvalue weighted by molar-refractivity contribution is -0.112. The van der Waals surface area contributed by atoms with Gasteiger partial charge in [-0.15, -0.1) is 0 Å². The van der Waals surface area contributed by atoms with Crippen molar-refractivity contribution in [3.63, 3.8) is 0 Å². The Labute approximate surface area is 157 Å². The average Bonchev–Trinajstić information content (AvgIpc) is 2.55. The first-order chi connectivity index (χ1) is 12.7. The molecule has 1 aliphatic heterocycles. The van der Waals surface area contributed by atoms with E-state index in [1.807, 2.05) is 0 Å². The van der Waals surface area contributed by atoms with Crippen LogP contribution in [-0.2, 0) is 16.0 Å². The van der Waals surface area contributed by atoms with Crippen molar-refractivity contribution in [3.05, 3.63) is 42.1 Å². The highest BCUT2D eigenvalue weighted by Gasteiger charge is 2.22. The number of carbonyl (C=O) groups excluding carboxylic acids is 2. The first kappa shape index (κ1) is 18.6. The molecule has 1 amide bonds. The fourth-order valence-electron chi connectivity index (χ4n) is 2.52. The van der Waals surface area contributed by atoms with Crippen LogP contribution in [0.1, 0.15) is 33.3 Å². The number of pyridine rings is 1. The summed E-state index contributed by atoms with van der Waals surface area (Å²) < 4.78 is 11.2. The Morgan fingerprint density at radius 2 is 2.00 bits per heavy atom. The molecule has 1 aromatic carbocycles. The number of nitrogens with zero attached hydrogens (tertiary/aromatic N) is 2. The zero-order chi connectivity index (χ0) is 19.6. The van der Waals surface area contributed by atoms with E-state index in [0.717, 1.165) is 0 Å². The number of Topliss-reactive ketones (excluding diaryl/α,β-unsaturated/α-hetero) is 1. The summed E-state index contributed by atoms with van der Waals surface area (Å²) in [5.74, 6) is 1.46. The number of amides is 1. The normalized spacial score (nSPS) is 13.5. The monoisotopic (exact) mass is 367 g/mol. The number of ketones is 1. The molecule has 0 atom stereocenters. The Bertz CT molecular complexity index is 929. The molecule has 0 saturated heterocycles. The van der Waals surface area contributed by atoms with Crippen molar-refractivity contribution in [2.75, 3.05) is 5.32 Å². The molecular formula is C20H21N3O4. The predicted octanol–water partition coefficient (Wildman–Crippen LogP) is 4.44. The number of ether oxygens (including phenoxy) is 2. The molecule has 0 fully saturated rings. The molecule has 0 saturated carbocycles. The van der Waals surface area contributed by atoms with Gasteiger partial charge in [-0.1, -0.05) is 6.07 Å². The number of hydrogen-bond donors (Lipinski definition) is 1. The van der Waals surface area contributed by atoms with Gasteiger partial charge >= 0.3 is 6.09 Å². The minimum atomic E-state index is -0.584. The smallest absolute Gasteiger partial charge is 0.412 e. The van der Waals surface area contributed by atoms with Crippen molar-refractivity contribution < 1.29 is 19.1 Å². The molecule has 3 rings (SSSR count). The molecule has 140 valence electrons. The summed E-state index contributed by atoms with van der Waals surface area (Å²) in [6.45, 7) is 7.06. The van der Waals surface area contributed by atoms with E-state index in [0.29, 0.717) is 34.3 Å². The van der Waals surface area contributed by atoms with Gasteiger partial charge in [-0.05, 0) is 45.9 Å². The van der Waals surface area contributed by atoms with E-state index in [2.05, 4.69) is 15.3 Å². The largest absolute Gasteiger partial charge is 0.457 e. The van der Waals surface area contributed by atoms with Crippen molar-refractivity contribution in [2.45, 2.75) is 39.7 Å². The Hall–Kier alpha value is -3.22. The van der Waals surface area contributed by atoms with Crippen molar-refractivity contribution in [2.24, 2.45) is 4.99 Å². The molecule has 0 radical (unpaired) electrons. The van der Waals surface area contributed by atoms with E-state index in [1.54, 1.807) is 64.2 Å². The molecule has 0 unspecified atom stereocenters. The van der Waals surface area contributed by atoms with Crippen molar-refractivity contribution in [1.29, 1.82) is 0 Å². The summed E-state index contributed by atoms with van der Waals surface area (Å²) in [4.78, 5) is 32.3. The lowest BCUT2D eigenvalue weighted by atomic mass is 10.0. The highest BCUT2D eigenvalue weighted by atomic mass is 16.6. The van der Waals surface area contributed by atoms with Crippen LogP contribution >= 0.6 is 0 Å². The van der Waals surface area contributed by atoms with Gasteiger partial charge in [0.25, 0.3) is 0 Å². The van der Waals surface area contributed by atoms with Gasteiger partial charge < -0.3 is 9.47 Å². The molecule has 1 aliphatic rings. The molecule has 0 bridgehead atoms. The third-order valence-corrected chi connectivity index (χ3v) is 3.71. The van der Waals surface area contributed by atoms with Crippen LogP contribution in [-0.4, -0.2) is 28.2 Å². The zero-order valence-electron chi connectivity index (χ0n) is 15.7. The van der Waals surface area contributed by atoms with E-state index in [4.69, 9.17) is 9.47 Å². The van der Waals surface area contributed by atoms with Gasteiger partial charge in [-0.25, -0.2) is 14.8 Å². The molecule has 0 aliphatic carbocycles. The zero-order valence-corrected chi connectivity index (χ0v) is 15.7. The third-order valence-electron chi connectivity index (χ3n) is 3.71. The number of rotatable bonds is 3. The van der Waals surface area contributed by atoms with Crippen LogP contribution < -0.4 is 10.1 Å². The van der Waals surface area contributed by atoms with Gasteiger partial charge in [0.05, 0.1) is 5.71 Å². The first-order valence-electron chi connectivity index (χ1n) is 8.55. The summed E-state index contributed by atoms with van der Waals surface area (Å²) in [6.07, 6.45) is 1.24. The maximum absolute atomic E-state index is 12.0. The Morgan fingerprint density at radius 1 is 1.22 bits per heavy atom. The molecule has 1 aromatic heterocycles. The lowest BCUT2D eigenvalue weighted by Crippen LogP contribution is -2.27. The fourth-order valence-corrected chi connectivity index (χ4v) is 2.52. The third kappa shape index (κ3) is 4.69. The van der Waals surface area contributed by atoms with Crippen LogP contribution in [0.15, 0.2) is 41.5 Å². The minimum absolute atomic E-state index is 0.0549. The second-order valence-corrected chi connectivity index (χ2v) is 7.17. The number of nitrogens with one attached hydrogen (secondary N) is 1. The van der Waals surface area contributed by atoms with Crippen molar-refractivity contribution in [1.82, 2.24) is 4.98 Å². The predicted molar refractivity (Wildman–Crippen MR) is 102 cm³/mol. The topological polar surface area (TPSA) is 89.9 Å². The molecule has 1 N–H and O–H groups in total. The van der Waals surface area contributed by atoms with Crippen molar-refractivity contribution >= 4 is 29.1 Å². The molecule has 27 heavy (non-hydrogen) atoms. The van der Waals surface area contributed by atoms with Gasteiger partial charge in [0.2, 0.25) is 0 Å². The molecule has 0 spiro atoms. The minimum Gasteiger partial charge on any atom is -0.457 e. The Kier molecular flexibility index (Phi) is 4.94. The quantitative estimate of drug-likeness (QED) is 0.866. The van der Waals surface area contributed by atoms with Gasteiger partial charge in [-0.3, -0.25) is 10.1 Å². The summed E-state index contributed by atoms with van der Waals surface area (Å²) in [6, 6.07) is 8.61. The van der Waals surface area contributed by atoms with Crippen LogP contribution in [0.25, 0.3) is 0 Å². The second-order valence-electron chi connectivity index (χ2n) is 7.17. The van der Waals surface area contributed by atoms with E-state index in [9.17, 15) is 9.59 Å². The number of anilines is 1. The van der Waals surface area contributed by atoms with E-state index >= 15 is 0 Å². The highest BCUT2D eigenvalue weighted by molar-refractivity contribution is 6.40. The number of benzene rings is 1. The van der Waals surface area contributed by atoms with Crippen molar-refractivity contribution in [3.8, 4) is 11.5 Å². The van der Waals surface area contributed by atoms with Crippen LogP contribution in [0.4, 0.5) is 16.3 Å². The van der Waals surface area contributed by atoms with Gasteiger partial charge in [-0.2, -0.15) is 0 Å². The van der Waals surface area contributed by atoms with Crippen LogP contribution in [0.3, 0.4) is 0 Å². The molecule has 7 nitrogen and oxygen atoms in total. The number of fused-ring (bicyclic) bond motifs is 1. The van der Waals surface area contributed by atoms with Gasteiger partial charge in [0.15, 0.2) is 11.6 Å². The van der Waals surface area contributed by atoms with Crippen LogP contribution in [0.5, 0.6) is 11.5 Å². The van der Waals surface area contributed by atoms with E-state index in [1.165, 1.54) is 0 Å². The Balaban J connectivity index is 1.79. The first-order valence-corrected chi connectivity index (χ1v) is 8.55. The van der Waals surface area contributed by atoms with Crippen LogP contribution in [0.2, 0.25) is 0 Å². The van der Waals surface area contributed by atoms with E-state index < -0.39 is 11.7 Å². The molecule has 2 aromatic rings. The summed E-state index contributed by atoms with van der Waals surface area (Å²) >= 11 is 0. The second kappa shape index (κ2) is 7.19. The summed E-state index contributed by atoms with van der Waals surface area (Å²) in [7, 11) is 0. The molecule has 2 heterocycles. The molecular weight excluding hydrogens is 346 g/mol. The maximum atomic E-state index is 12.0. The number of aromatic nitrogens is 1. The van der Waals surface area contributed by atoms with Gasteiger partial charge in [0, 0.05) is 29.9 Å². The number of aliphatic imine (C=N–C) groups is 1. The highest BCUT2D eigenvalue weighted by Crippen LogP contribution is 2.34. The Morgan fingerprint density at radius 3 is 2.74 bits per heavy atom. The number of carbonyl (C=O) groups is 2. The summed E-state index contributed by atoms with van der Waals surface area (Å²) in [5.41, 5.74) is 1.04. The van der Waals surface area contributed by atoms with Crippen LogP contribution in [0, 0.1) is 0 Å². The fraction of sp³-hybridized carbons (Fsp3) is 0.300. The van der Waals surface area contributed by atoms with Gasteiger partial charge in [0.1, 0.15) is 17.1 Å². The standard InChI is InChI=1S/C20H21N3O4/c1-12-16(24)11-15-17(8-9-21-18(15)22-12)26-14-7-5-6-13(10-14)23-19(25)27-20(2,3)4/h5-10H,11H2,1-4H3,(H,23,25).